The third-order valence-corrected chi connectivity index (χ3v) is 5.73. The van der Waals surface area contributed by atoms with Gasteiger partial charge < -0.3 is 15.3 Å². The number of hydrogen-bond acceptors (Lipinski definition) is 4. The SMILES string of the molecule is Cc1nc(CCNC(=O)N2C[C@@H]3CCC[C@@]3(C(=O)O)C2)cs1. The summed E-state index contributed by atoms with van der Waals surface area (Å²) in [6.45, 7) is 3.40. The van der Waals surface area contributed by atoms with Crippen LogP contribution in [-0.4, -0.2) is 46.6 Å². The lowest BCUT2D eigenvalue weighted by Crippen LogP contribution is -2.42. The van der Waals surface area contributed by atoms with Crippen LogP contribution in [0.2, 0.25) is 0 Å². The number of aryl methyl sites for hydroxylation is 1. The zero-order chi connectivity index (χ0) is 15.7. The maximum Gasteiger partial charge on any atom is 0.317 e. The number of nitrogens with zero attached hydrogens (tertiary/aromatic N) is 2. The maximum absolute atomic E-state index is 12.2. The Balaban J connectivity index is 1.52. The standard InChI is InChI=1S/C15H21N3O3S/c1-10-17-12(8-22-10)4-6-16-14(21)18-7-11-3-2-5-15(11,9-18)13(19)20/h8,11H,2-7,9H2,1H3,(H,16,21)(H,19,20)/t11-,15+/m0/s1. The molecule has 2 fully saturated rings. The molecule has 7 heteroatoms. The number of carbonyl (C=O) groups is 2. The number of thiazole rings is 1. The predicted octanol–water partition coefficient (Wildman–Crippen LogP) is 1.89. The highest BCUT2D eigenvalue weighted by Crippen LogP contribution is 2.48. The smallest absolute Gasteiger partial charge is 0.317 e. The molecule has 1 aromatic rings. The van der Waals surface area contributed by atoms with Crippen LogP contribution >= 0.6 is 11.3 Å². The zero-order valence-corrected chi connectivity index (χ0v) is 13.5. The Morgan fingerprint density at radius 1 is 1.59 bits per heavy atom. The first-order valence-electron chi connectivity index (χ1n) is 7.68. The normalized spacial score (nSPS) is 27.0. The molecule has 0 bridgehead atoms. The van der Waals surface area contributed by atoms with Crippen molar-refractivity contribution in [2.45, 2.75) is 32.6 Å². The monoisotopic (exact) mass is 323 g/mol. The number of hydrogen-bond donors (Lipinski definition) is 2. The van der Waals surface area contributed by atoms with Crippen LogP contribution in [0.15, 0.2) is 5.38 Å². The minimum Gasteiger partial charge on any atom is -0.481 e. The van der Waals surface area contributed by atoms with Crippen molar-refractivity contribution in [1.82, 2.24) is 15.2 Å². The minimum atomic E-state index is -0.747. The molecule has 2 atom stereocenters. The Hall–Kier alpha value is -1.63. The highest BCUT2D eigenvalue weighted by molar-refractivity contribution is 7.09. The van der Waals surface area contributed by atoms with Gasteiger partial charge in [0.25, 0.3) is 0 Å². The number of carbonyl (C=O) groups excluding carboxylic acids is 1. The molecule has 1 saturated carbocycles. The van der Waals surface area contributed by atoms with E-state index >= 15 is 0 Å². The van der Waals surface area contributed by atoms with Crippen LogP contribution in [0.1, 0.15) is 30.0 Å². The molecule has 2 heterocycles. The number of urea groups is 1. The summed E-state index contributed by atoms with van der Waals surface area (Å²) in [5.74, 6) is -0.639. The summed E-state index contributed by atoms with van der Waals surface area (Å²) in [4.78, 5) is 29.9. The van der Waals surface area contributed by atoms with Crippen LogP contribution in [0.5, 0.6) is 0 Å². The van der Waals surface area contributed by atoms with Gasteiger partial charge in [0.15, 0.2) is 0 Å². The summed E-state index contributed by atoms with van der Waals surface area (Å²) in [5.41, 5.74) is 0.284. The molecule has 0 radical (unpaired) electrons. The number of carboxylic acid groups (broad SMARTS) is 1. The van der Waals surface area contributed by atoms with Crippen molar-refractivity contribution in [2.24, 2.45) is 11.3 Å². The number of amides is 2. The number of likely N-dealkylation sites (tertiary alicyclic amines) is 1. The van der Waals surface area contributed by atoms with E-state index in [2.05, 4.69) is 10.3 Å². The molecule has 2 amide bonds. The quantitative estimate of drug-likeness (QED) is 0.886. The summed E-state index contributed by atoms with van der Waals surface area (Å²) in [5, 5.41) is 15.4. The van der Waals surface area contributed by atoms with Crippen LogP contribution in [0.4, 0.5) is 4.79 Å². The van der Waals surface area contributed by atoms with Crippen molar-refractivity contribution in [3.05, 3.63) is 16.1 Å². The van der Waals surface area contributed by atoms with Gasteiger partial charge in [-0.1, -0.05) is 6.42 Å². The van der Waals surface area contributed by atoms with Crippen LogP contribution in [0.25, 0.3) is 0 Å². The van der Waals surface area contributed by atoms with Crippen LogP contribution in [0.3, 0.4) is 0 Å². The second-order valence-electron chi connectivity index (χ2n) is 6.27. The van der Waals surface area contributed by atoms with Crippen molar-refractivity contribution in [3.63, 3.8) is 0 Å². The number of nitrogens with one attached hydrogen (secondary N) is 1. The fraction of sp³-hybridized carbons (Fsp3) is 0.667. The minimum absolute atomic E-state index is 0.108. The lowest BCUT2D eigenvalue weighted by Gasteiger charge is -2.23. The van der Waals surface area contributed by atoms with Gasteiger partial charge in [0.05, 0.1) is 16.1 Å². The topological polar surface area (TPSA) is 82.5 Å². The molecule has 2 N–H and O–H groups in total. The van der Waals surface area contributed by atoms with E-state index in [0.717, 1.165) is 23.5 Å². The largest absolute Gasteiger partial charge is 0.481 e. The second-order valence-corrected chi connectivity index (χ2v) is 7.33. The van der Waals surface area contributed by atoms with Crippen LogP contribution in [0, 0.1) is 18.3 Å². The third kappa shape index (κ3) is 2.69. The molecule has 3 rings (SSSR count). The molecule has 1 aliphatic heterocycles. The van der Waals surface area contributed by atoms with E-state index in [1.807, 2.05) is 12.3 Å². The number of carboxylic acids is 1. The Kier molecular flexibility index (Phi) is 4.08. The van der Waals surface area contributed by atoms with E-state index in [-0.39, 0.29) is 11.9 Å². The summed E-state index contributed by atoms with van der Waals surface area (Å²) in [6, 6.07) is -0.151. The van der Waals surface area contributed by atoms with Gasteiger partial charge in [-0.05, 0) is 25.7 Å². The molecule has 0 unspecified atom stereocenters. The van der Waals surface area contributed by atoms with Crippen LogP contribution in [-0.2, 0) is 11.2 Å². The maximum atomic E-state index is 12.2. The van der Waals surface area contributed by atoms with Gasteiger partial charge in [0.2, 0.25) is 0 Å². The van der Waals surface area contributed by atoms with E-state index in [4.69, 9.17) is 0 Å². The van der Waals surface area contributed by atoms with Crippen molar-refractivity contribution in [3.8, 4) is 0 Å². The molecule has 0 spiro atoms. The van der Waals surface area contributed by atoms with Gasteiger partial charge >= 0.3 is 12.0 Å². The zero-order valence-electron chi connectivity index (χ0n) is 12.7. The van der Waals surface area contributed by atoms with E-state index < -0.39 is 11.4 Å². The summed E-state index contributed by atoms with van der Waals surface area (Å²) in [6.07, 6.45) is 3.26. The predicted molar refractivity (Wildman–Crippen MR) is 82.9 cm³/mol. The lowest BCUT2D eigenvalue weighted by atomic mass is 9.81. The van der Waals surface area contributed by atoms with Crippen molar-refractivity contribution < 1.29 is 14.7 Å². The third-order valence-electron chi connectivity index (χ3n) is 4.91. The molecule has 2 aliphatic rings. The molecular weight excluding hydrogens is 302 g/mol. The summed E-state index contributed by atoms with van der Waals surface area (Å²) >= 11 is 1.60. The van der Waals surface area contributed by atoms with Gasteiger partial charge in [-0.2, -0.15) is 0 Å². The summed E-state index contributed by atoms with van der Waals surface area (Å²) < 4.78 is 0. The lowest BCUT2D eigenvalue weighted by molar-refractivity contribution is -0.149. The van der Waals surface area contributed by atoms with E-state index in [1.165, 1.54) is 0 Å². The van der Waals surface area contributed by atoms with Crippen molar-refractivity contribution in [2.75, 3.05) is 19.6 Å². The Bertz CT molecular complexity index is 588. The molecular formula is C15H21N3O3S. The van der Waals surface area contributed by atoms with E-state index in [0.29, 0.717) is 32.5 Å². The van der Waals surface area contributed by atoms with Crippen molar-refractivity contribution >= 4 is 23.3 Å². The van der Waals surface area contributed by atoms with Gasteiger partial charge in [-0.15, -0.1) is 11.3 Å². The number of fused-ring (bicyclic) bond motifs is 1. The first kappa shape index (κ1) is 15.3. The Morgan fingerprint density at radius 3 is 3.05 bits per heavy atom. The van der Waals surface area contributed by atoms with Crippen molar-refractivity contribution in [1.29, 1.82) is 0 Å². The Labute approximate surface area is 133 Å². The van der Waals surface area contributed by atoms with Crippen LogP contribution < -0.4 is 5.32 Å². The average molecular weight is 323 g/mol. The highest BCUT2D eigenvalue weighted by Gasteiger charge is 2.55. The number of aliphatic carboxylic acids is 1. The van der Waals surface area contributed by atoms with Gasteiger partial charge in [-0.25, -0.2) is 9.78 Å². The van der Waals surface area contributed by atoms with E-state index in [1.54, 1.807) is 16.2 Å². The van der Waals surface area contributed by atoms with Gasteiger partial charge in [-0.3, -0.25) is 4.79 Å². The molecule has 6 nitrogen and oxygen atoms in total. The number of aromatic nitrogens is 1. The first-order valence-corrected chi connectivity index (χ1v) is 8.56. The fourth-order valence-corrected chi connectivity index (χ4v) is 4.37. The summed E-state index contributed by atoms with van der Waals surface area (Å²) in [7, 11) is 0. The molecule has 120 valence electrons. The molecule has 0 aromatic carbocycles. The Morgan fingerprint density at radius 2 is 2.41 bits per heavy atom. The number of rotatable bonds is 4. The fourth-order valence-electron chi connectivity index (χ4n) is 3.73. The average Bonchev–Trinajstić information content (AvgIpc) is 3.12. The second kappa shape index (κ2) is 5.87. The molecule has 1 aromatic heterocycles. The van der Waals surface area contributed by atoms with Gasteiger partial charge in [0.1, 0.15) is 0 Å². The molecule has 22 heavy (non-hydrogen) atoms. The first-order chi connectivity index (χ1) is 10.5. The van der Waals surface area contributed by atoms with Gasteiger partial charge in [0, 0.05) is 31.4 Å². The highest BCUT2D eigenvalue weighted by atomic mass is 32.1. The molecule has 1 aliphatic carbocycles. The van der Waals surface area contributed by atoms with E-state index in [9.17, 15) is 14.7 Å². The molecule has 1 saturated heterocycles.